The Morgan fingerprint density at radius 1 is 1.08 bits per heavy atom. The number of aromatic nitrogens is 2. The number of carbonyl (C=O) groups excluding carboxylic acids is 1. The Hall–Kier alpha value is -2.17. The van der Waals surface area contributed by atoms with Gasteiger partial charge in [-0.15, -0.1) is 10.2 Å². The van der Waals surface area contributed by atoms with E-state index in [-0.39, 0.29) is 5.91 Å². The van der Waals surface area contributed by atoms with Crippen molar-refractivity contribution >= 4 is 5.91 Å². The lowest BCUT2D eigenvalue weighted by Gasteiger charge is -2.09. The molecule has 0 aliphatic rings. The summed E-state index contributed by atoms with van der Waals surface area (Å²) in [5, 5.41) is 11.1. The fourth-order valence-electron chi connectivity index (χ4n) is 2.48. The molecule has 136 valence electrons. The Labute approximate surface area is 150 Å². The van der Waals surface area contributed by atoms with Crippen LogP contribution in [0.3, 0.4) is 0 Å². The Balaban J connectivity index is 1.62. The zero-order chi connectivity index (χ0) is 17.9. The van der Waals surface area contributed by atoms with Crippen molar-refractivity contribution in [3.05, 3.63) is 47.7 Å². The molecule has 0 spiro atoms. The van der Waals surface area contributed by atoms with Crippen LogP contribution in [0.5, 0.6) is 0 Å². The van der Waals surface area contributed by atoms with Crippen LogP contribution in [-0.2, 0) is 24.1 Å². The summed E-state index contributed by atoms with van der Waals surface area (Å²) in [6.07, 6.45) is 5.94. The Morgan fingerprint density at radius 3 is 2.48 bits per heavy atom. The summed E-state index contributed by atoms with van der Waals surface area (Å²) in [7, 11) is 0. The van der Waals surface area contributed by atoms with E-state index in [1.54, 1.807) is 0 Å². The van der Waals surface area contributed by atoms with Crippen LogP contribution in [0.25, 0.3) is 0 Å². The molecule has 5 nitrogen and oxygen atoms in total. The zero-order valence-electron chi connectivity index (χ0n) is 15.3. The van der Waals surface area contributed by atoms with Gasteiger partial charge in [0.1, 0.15) is 0 Å². The Bertz CT molecular complexity index is 625. The summed E-state index contributed by atoms with van der Waals surface area (Å²) in [4.78, 5) is 11.8. The predicted octanol–water partition coefficient (Wildman–Crippen LogP) is 3.73. The Morgan fingerprint density at radius 2 is 1.76 bits per heavy atom. The third-order valence-corrected chi connectivity index (χ3v) is 4.37. The number of aryl methyl sites for hydroxylation is 3. The monoisotopic (exact) mass is 343 g/mol. The molecule has 25 heavy (non-hydrogen) atoms. The molecular weight excluding hydrogens is 314 g/mol. The van der Waals surface area contributed by atoms with E-state index in [1.165, 1.54) is 5.56 Å². The molecule has 1 heterocycles. The van der Waals surface area contributed by atoms with Gasteiger partial charge in [0.2, 0.25) is 17.7 Å². The summed E-state index contributed by atoms with van der Waals surface area (Å²) in [5.41, 5.74) is 1.36. The third kappa shape index (κ3) is 7.50. The van der Waals surface area contributed by atoms with Crippen LogP contribution in [0.2, 0.25) is 0 Å². The van der Waals surface area contributed by atoms with Crippen LogP contribution in [0.4, 0.5) is 0 Å². The minimum absolute atomic E-state index is 0.0444. The molecule has 2 rings (SSSR count). The van der Waals surface area contributed by atoms with Crippen LogP contribution in [0.15, 0.2) is 34.7 Å². The standard InChI is InChI=1S/C20H29N3O2/c1-3-16(2)15-21-18(24)13-14-20-23-22-19(25-20)12-8-7-11-17-9-5-4-6-10-17/h4-6,9-10,16H,3,7-8,11-15H2,1-2H3,(H,21,24). The topological polar surface area (TPSA) is 68.0 Å². The minimum Gasteiger partial charge on any atom is -0.425 e. The molecule has 1 aromatic heterocycles. The van der Waals surface area contributed by atoms with Crippen molar-refractivity contribution in [1.82, 2.24) is 15.5 Å². The number of carbonyl (C=O) groups is 1. The summed E-state index contributed by atoms with van der Waals surface area (Å²) in [6.45, 7) is 4.98. The van der Waals surface area contributed by atoms with Gasteiger partial charge in [0.15, 0.2) is 0 Å². The highest BCUT2D eigenvalue weighted by Gasteiger charge is 2.09. The zero-order valence-corrected chi connectivity index (χ0v) is 15.3. The molecular formula is C20H29N3O2. The summed E-state index contributed by atoms with van der Waals surface area (Å²) in [5.74, 6) is 1.78. The maximum absolute atomic E-state index is 11.8. The molecule has 2 aromatic rings. The van der Waals surface area contributed by atoms with E-state index in [0.717, 1.165) is 38.6 Å². The van der Waals surface area contributed by atoms with E-state index in [0.29, 0.717) is 30.5 Å². The fraction of sp³-hybridized carbons (Fsp3) is 0.550. The molecule has 0 bridgehead atoms. The summed E-state index contributed by atoms with van der Waals surface area (Å²) < 4.78 is 5.63. The van der Waals surface area contributed by atoms with Crippen molar-refractivity contribution < 1.29 is 9.21 Å². The van der Waals surface area contributed by atoms with Gasteiger partial charge in [0, 0.05) is 25.8 Å². The third-order valence-electron chi connectivity index (χ3n) is 4.37. The highest BCUT2D eigenvalue weighted by atomic mass is 16.4. The van der Waals surface area contributed by atoms with E-state index in [2.05, 4.69) is 53.6 Å². The van der Waals surface area contributed by atoms with Crippen LogP contribution < -0.4 is 5.32 Å². The maximum atomic E-state index is 11.8. The summed E-state index contributed by atoms with van der Waals surface area (Å²) in [6, 6.07) is 10.5. The molecule has 0 fully saturated rings. The normalized spacial score (nSPS) is 12.1. The van der Waals surface area contributed by atoms with Gasteiger partial charge in [-0.2, -0.15) is 0 Å². The smallest absolute Gasteiger partial charge is 0.220 e. The number of hydrogen-bond acceptors (Lipinski definition) is 4. The van der Waals surface area contributed by atoms with E-state index in [4.69, 9.17) is 4.42 Å². The van der Waals surface area contributed by atoms with Gasteiger partial charge in [-0.25, -0.2) is 0 Å². The molecule has 0 aliphatic heterocycles. The average molecular weight is 343 g/mol. The SMILES string of the molecule is CCC(C)CNC(=O)CCc1nnc(CCCCc2ccccc2)o1. The fourth-order valence-corrected chi connectivity index (χ4v) is 2.48. The van der Waals surface area contributed by atoms with Gasteiger partial charge in [0.25, 0.3) is 0 Å². The second kappa shape index (κ2) is 10.6. The number of rotatable bonds is 11. The largest absolute Gasteiger partial charge is 0.425 e. The average Bonchev–Trinajstić information content (AvgIpc) is 3.10. The molecule has 1 aromatic carbocycles. The van der Waals surface area contributed by atoms with Gasteiger partial charge < -0.3 is 9.73 Å². The highest BCUT2D eigenvalue weighted by Crippen LogP contribution is 2.09. The van der Waals surface area contributed by atoms with Gasteiger partial charge in [-0.3, -0.25) is 4.79 Å². The van der Waals surface area contributed by atoms with E-state index >= 15 is 0 Å². The van der Waals surface area contributed by atoms with E-state index in [1.807, 2.05) is 6.07 Å². The van der Waals surface area contributed by atoms with Crippen LogP contribution in [-0.4, -0.2) is 22.6 Å². The Kier molecular flexibility index (Phi) is 8.16. The first-order valence-electron chi connectivity index (χ1n) is 9.29. The molecule has 1 N–H and O–H groups in total. The van der Waals surface area contributed by atoms with Crippen molar-refractivity contribution in [1.29, 1.82) is 0 Å². The molecule has 5 heteroatoms. The molecule has 0 saturated carbocycles. The first-order valence-corrected chi connectivity index (χ1v) is 9.29. The van der Waals surface area contributed by atoms with Gasteiger partial charge in [0.05, 0.1) is 0 Å². The number of amides is 1. The number of hydrogen-bond donors (Lipinski definition) is 1. The minimum atomic E-state index is 0.0444. The highest BCUT2D eigenvalue weighted by molar-refractivity contribution is 5.75. The second-order valence-corrected chi connectivity index (χ2v) is 6.60. The van der Waals surface area contributed by atoms with Gasteiger partial charge in [-0.05, 0) is 30.7 Å². The molecule has 1 unspecified atom stereocenters. The van der Waals surface area contributed by atoms with E-state index in [9.17, 15) is 4.79 Å². The maximum Gasteiger partial charge on any atom is 0.220 e. The number of benzene rings is 1. The molecule has 0 saturated heterocycles. The van der Waals surface area contributed by atoms with Crippen LogP contribution >= 0.6 is 0 Å². The predicted molar refractivity (Wildman–Crippen MR) is 98.2 cm³/mol. The van der Waals surface area contributed by atoms with Crippen LogP contribution in [0.1, 0.15) is 56.9 Å². The van der Waals surface area contributed by atoms with Crippen molar-refractivity contribution in [2.75, 3.05) is 6.54 Å². The molecule has 0 radical (unpaired) electrons. The lowest BCUT2D eigenvalue weighted by Crippen LogP contribution is -2.28. The van der Waals surface area contributed by atoms with Crippen LogP contribution in [0, 0.1) is 5.92 Å². The van der Waals surface area contributed by atoms with Crippen molar-refractivity contribution in [2.24, 2.45) is 5.92 Å². The van der Waals surface area contributed by atoms with Crippen molar-refractivity contribution in [2.45, 2.75) is 58.8 Å². The lowest BCUT2D eigenvalue weighted by atomic mass is 10.1. The lowest BCUT2D eigenvalue weighted by molar-refractivity contribution is -0.121. The second-order valence-electron chi connectivity index (χ2n) is 6.60. The van der Waals surface area contributed by atoms with Gasteiger partial charge in [-0.1, -0.05) is 50.6 Å². The van der Waals surface area contributed by atoms with Crippen molar-refractivity contribution in [3.63, 3.8) is 0 Å². The van der Waals surface area contributed by atoms with E-state index < -0.39 is 0 Å². The number of nitrogens with one attached hydrogen (secondary N) is 1. The first kappa shape index (κ1) is 19.2. The molecule has 0 aliphatic carbocycles. The summed E-state index contributed by atoms with van der Waals surface area (Å²) >= 11 is 0. The van der Waals surface area contributed by atoms with Gasteiger partial charge >= 0.3 is 0 Å². The quantitative estimate of drug-likeness (QED) is 0.631. The van der Waals surface area contributed by atoms with Crippen molar-refractivity contribution in [3.8, 4) is 0 Å². The number of nitrogens with zero attached hydrogens (tertiary/aromatic N) is 2. The molecule has 1 amide bonds. The first-order chi connectivity index (χ1) is 12.2. The number of unbranched alkanes of at least 4 members (excludes halogenated alkanes) is 1. The molecule has 1 atom stereocenters.